The van der Waals surface area contributed by atoms with E-state index in [0.29, 0.717) is 6.04 Å². The molecule has 0 bridgehead atoms. The third kappa shape index (κ3) is 2.68. The van der Waals surface area contributed by atoms with Crippen molar-refractivity contribution in [2.24, 2.45) is 5.92 Å². The van der Waals surface area contributed by atoms with Gasteiger partial charge in [0.1, 0.15) is 5.76 Å². The normalized spacial score (nSPS) is 25.2. The molecule has 0 aromatic carbocycles. The fraction of sp³-hybridized carbons (Fsp3) is 0.667. The Balaban J connectivity index is 1.65. The number of likely N-dealkylation sites (tertiary alicyclic amines) is 1. The Hall–Kier alpha value is -1.29. The molecule has 0 spiro atoms. The second-order valence-corrected chi connectivity index (χ2v) is 5.80. The van der Waals surface area contributed by atoms with Gasteiger partial charge in [-0.25, -0.2) is 4.79 Å². The van der Waals surface area contributed by atoms with Crippen LogP contribution < -0.4 is 0 Å². The van der Waals surface area contributed by atoms with E-state index in [0.717, 1.165) is 24.8 Å². The van der Waals surface area contributed by atoms with Gasteiger partial charge in [0.05, 0.1) is 6.54 Å². The predicted octanol–water partition coefficient (Wildman–Crippen LogP) is 3.13. The summed E-state index contributed by atoms with van der Waals surface area (Å²) in [6, 6.07) is 4.03. The third-order valence-electron chi connectivity index (χ3n) is 4.59. The van der Waals surface area contributed by atoms with Gasteiger partial charge in [0.2, 0.25) is 5.76 Å². The van der Waals surface area contributed by atoms with Crippen LogP contribution in [-0.2, 0) is 6.54 Å². The van der Waals surface area contributed by atoms with Crippen LogP contribution in [0.25, 0.3) is 0 Å². The van der Waals surface area contributed by atoms with Crippen molar-refractivity contribution in [1.29, 1.82) is 0 Å². The molecule has 1 aliphatic carbocycles. The monoisotopic (exact) mass is 263 g/mol. The summed E-state index contributed by atoms with van der Waals surface area (Å²) in [7, 11) is 0. The van der Waals surface area contributed by atoms with E-state index in [1.807, 2.05) is 0 Å². The van der Waals surface area contributed by atoms with Crippen LogP contribution in [0.4, 0.5) is 0 Å². The molecule has 2 fully saturated rings. The van der Waals surface area contributed by atoms with Gasteiger partial charge in [-0.1, -0.05) is 12.8 Å². The van der Waals surface area contributed by atoms with Crippen molar-refractivity contribution in [1.82, 2.24) is 4.90 Å². The lowest BCUT2D eigenvalue weighted by Crippen LogP contribution is -2.34. The van der Waals surface area contributed by atoms with E-state index in [1.165, 1.54) is 38.5 Å². The van der Waals surface area contributed by atoms with E-state index in [4.69, 9.17) is 9.52 Å². The average Bonchev–Trinajstić information content (AvgIpc) is 3.09. The number of rotatable bonds is 4. The van der Waals surface area contributed by atoms with Crippen LogP contribution in [0.15, 0.2) is 16.5 Å². The number of carbonyl (C=O) groups is 1. The molecule has 3 rings (SSSR count). The van der Waals surface area contributed by atoms with Crippen molar-refractivity contribution in [3.05, 3.63) is 23.7 Å². The Bertz CT molecular complexity index is 448. The molecule has 2 aliphatic rings. The van der Waals surface area contributed by atoms with Gasteiger partial charge in [0.25, 0.3) is 0 Å². The summed E-state index contributed by atoms with van der Waals surface area (Å²) in [6.07, 6.45) is 8.02. The predicted molar refractivity (Wildman–Crippen MR) is 71.1 cm³/mol. The zero-order valence-corrected chi connectivity index (χ0v) is 11.2. The summed E-state index contributed by atoms with van der Waals surface area (Å²) in [5.74, 6) is 0.685. The van der Waals surface area contributed by atoms with Gasteiger partial charge in [0, 0.05) is 6.04 Å². The Kier molecular flexibility index (Phi) is 3.60. The average molecular weight is 263 g/mol. The van der Waals surface area contributed by atoms with Crippen molar-refractivity contribution in [3.63, 3.8) is 0 Å². The quantitative estimate of drug-likeness (QED) is 0.906. The summed E-state index contributed by atoms with van der Waals surface area (Å²) < 4.78 is 5.38. The molecule has 19 heavy (non-hydrogen) atoms. The van der Waals surface area contributed by atoms with Crippen LogP contribution in [0.5, 0.6) is 0 Å². The van der Waals surface area contributed by atoms with Crippen molar-refractivity contribution >= 4 is 5.97 Å². The number of carboxylic acid groups (broad SMARTS) is 1. The second kappa shape index (κ2) is 5.37. The van der Waals surface area contributed by atoms with E-state index >= 15 is 0 Å². The molecule has 1 aliphatic heterocycles. The SMILES string of the molecule is O=C(O)c1ccc(CN2CCCC2C2CCCC2)o1. The third-order valence-corrected chi connectivity index (χ3v) is 4.59. The van der Waals surface area contributed by atoms with Crippen LogP contribution in [-0.4, -0.2) is 28.6 Å². The first-order chi connectivity index (χ1) is 9.24. The topological polar surface area (TPSA) is 53.7 Å². The molecule has 1 N–H and O–H groups in total. The number of carboxylic acids is 1. The summed E-state index contributed by atoms with van der Waals surface area (Å²) in [5.41, 5.74) is 0. The standard InChI is InChI=1S/C15H21NO3/c17-15(18)14-8-7-12(19-14)10-16-9-3-6-13(16)11-4-1-2-5-11/h7-8,11,13H,1-6,9-10H2,(H,17,18). The van der Waals surface area contributed by atoms with Crippen molar-refractivity contribution in [3.8, 4) is 0 Å². The minimum atomic E-state index is -0.986. The van der Waals surface area contributed by atoms with E-state index in [2.05, 4.69) is 4.90 Å². The fourth-order valence-electron chi connectivity index (χ4n) is 3.70. The van der Waals surface area contributed by atoms with Crippen LogP contribution in [0.1, 0.15) is 54.8 Å². The molecular formula is C15H21NO3. The van der Waals surface area contributed by atoms with Gasteiger partial charge >= 0.3 is 5.97 Å². The molecule has 4 nitrogen and oxygen atoms in total. The Morgan fingerprint density at radius 2 is 2.05 bits per heavy atom. The van der Waals surface area contributed by atoms with Gasteiger partial charge in [-0.05, 0) is 50.3 Å². The van der Waals surface area contributed by atoms with Crippen LogP contribution in [0.3, 0.4) is 0 Å². The number of aromatic carboxylic acids is 1. The zero-order valence-electron chi connectivity index (χ0n) is 11.2. The molecule has 4 heteroatoms. The second-order valence-electron chi connectivity index (χ2n) is 5.80. The molecule has 1 saturated carbocycles. The highest BCUT2D eigenvalue weighted by Crippen LogP contribution is 2.36. The zero-order chi connectivity index (χ0) is 13.2. The Morgan fingerprint density at radius 1 is 1.26 bits per heavy atom. The first-order valence-corrected chi connectivity index (χ1v) is 7.30. The van der Waals surface area contributed by atoms with Gasteiger partial charge in [-0.2, -0.15) is 0 Å². The molecule has 1 saturated heterocycles. The summed E-state index contributed by atoms with van der Waals surface area (Å²) in [5, 5.41) is 8.88. The van der Waals surface area contributed by atoms with E-state index in [9.17, 15) is 4.79 Å². The van der Waals surface area contributed by atoms with Gasteiger partial charge < -0.3 is 9.52 Å². The largest absolute Gasteiger partial charge is 0.475 e. The lowest BCUT2D eigenvalue weighted by atomic mass is 9.96. The first-order valence-electron chi connectivity index (χ1n) is 7.30. The minimum Gasteiger partial charge on any atom is -0.475 e. The Morgan fingerprint density at radius 3 is 2.74 bits per heavy atom. The number of hydrogen-bond donors (Lipinski definition) is 1. The summed E-state index contributed by atoms with van der Waals surface area (Å²) in [4.78, 5) is 13.3. The summed E-state index contributed by atoms with van der Waals surface area (Å²) in [6.45, 7) is 1.87. The molecule has 0 amide bonds. The van der Waals surface area contributed by atoms with E-state index in [1.54, 1.807) is 12.1 Å². The molecule has 2 heterocycles. The van der Waals surface area contributed by atoms with Crippen LogP contribution in [0.2, 0.25) is 0 Å². The molecule has 104 valence electrons. The maximum atomic E-state index is 10.8. The highest BCUT2D eigenvalue weighted by Gasteiger charge is 2.33. The number of hydrogen-bond acceptors (Lipinski definition) is 3. The highest BCUT2D eigenvalue weighted by atomic mass is 16.4. The maximum absolute atomic E-state index is 10.8. The van der Waals surface area contributed by atoms with Crippen LogP contribution >= 0.6 is 0 Å². The number of nitrogens with zero attached hydrogens (tertiary/aromatic N) is 1. The van der Waals surface area contributed by atoms with Crippen molar-refractivity contribution in [2.45, 2.75) is 51.1 Å². The summed E-state index contributed by atoms with van der Waals surface area (Å²) >= 11 is 0. The lowest BCUT2D eigenvalue weighted by molar-refractivity contribution is 0.0657. The van der Waals surface area contributed by atoms with E-state index < -0.39 is 5.97 Å². The molecule has 1 aromatic heterocycles. The first kappa shape index (κ1) is 12.7. The van der Waals surface area contributed by atoms with Gasteiger partial charge in [-0.3, -0.25) is 4.90 Å². The fourth-order valence-corrected chi connectivity index (χ4v) is 3.70. The smallest absolute Gasteiger partial charge is 0.371 e. The molecule has 0 radical (unpaired) electrons. The van der Waals surface area contributed by atoms with Crippen LogP contribution in [0, 0.1) is 5.92 Å². The van der Waals surface area contributed by atoms with Gasteiger partial charge in [0.15, 0.2) is 0 Å². The molecule has 1 aromatic rings. The molecule has 1 atom stereocenters. The minimum absolute atomic E-state index is 0.0478. The van der Waals surface area contributed by atoms with Gasteiger partial charge in [-0.15, -0.1) is 0 Å². The van der Waals surface area contributed by atoms with E-state index in [-0.39, 0.29) is 5.76 Å². The van der Waals surface area contributed by atoms with Crippen molar-refractivity contribution < 1.29 is 14.3 Å². The highest BCUT2D eigenvalue weighted by molar-refractivity contribution is 5.84. The number of furan rings is 1. The lowest BCUT2D eigenvalue weighted by Gasteiger charge is -2.28. The maximum Gasteiger partial charge on any atom is 0.371 e. The van der Waals surface area contributed by atoms with Crippen molar-refractivity contribution in [2.75, 3.05) is 6.54 Å². The molecular weight excluding hydrogens is 242 g/mol. The Labute approximate surface area is 113 Å². The molecule has 1 unspecified atom stereocenters.